The van der Waals surface area contributed by atoms with E-state index in [1.807, 2.05) is 6.92 Å². The predicted molar refractivity (Wildman–Crippen MR) is 73.3 cm³/mol. The Bertz CT molecular complexity index is 670. The van der Waals surface area contributed by atoms with Crippen LogP contribution >= 0.6 is 11.3 Å². The van der Waals surface area contributed by atoms with Crippen LogP contribution < -0.4 is 11.1 Å². The number of anilines is 1. The number of nitro groups is 1. The summed E-state index contributed by atoms with van der Waals surface area (Å²) in [7, 11) is 0. The van der Waals surface area contributed by atoms with Crippen molar-refractivity contribution in [3.63, 3.8) is 0 Å². The molecule has 0 saturated heterocycles. The normalized spacial score (nSPS) is 10.2. The number of nitrogens with one attached hydrogen (secondary N) is 1. The molecule has 0 spiro atoms. The summed E-state index contributed by atoms with van der Waals surface area (Å²) in [6.45, 7) is 2.14. The first kappa shape index (κ1) is 13.9. The molecule has 9 heteroatoms. The van der Waals surface area contributed by atoms with Crippen molar-refractivity contribution in [1.82, 2.24) is 15.3 Å². The molecule has 0 aliphatic carbocycles. The van der Waals surface area contributed by atoms with E-state index in [0.29, 0.717) is 0 Å². The number of aryl methyl sites for hydroxylation is 1. The van der Waals surface area contributed by atoms with Gasteiger partial charge in [0.25, 0.3) is 11.6 Å². The molecule has 3 N–H and O–H groups in total. The Hall–Kier alpha value is -2.55. The standard InChI is InChI=1S/C11H11N5O3S/c1-6-13-4-8(20-6)5-15-11(17)9-2-7(16(18)19)3-14-10(9)12/h2-4H,5H2,1H3,(H2,12,14)(H,15,17). The number of nitrogens with zero attached hydrogens (tertiary/aromatic N) is 3. The average molecular weight is 293 g/mol. The van der Waals surface area contributed by atoms with Gasteiger partial charge < -0.3 is 11.1 Å². The first-order valence-electron chi connectivity index (χ1n) is 5.57. The fraction of sp³-hybridized carbons (Fsp3) is 0.182. The van der Waals surface area contributed by atoms with E-state index < -0.39 is 10.8 Å². The van der Waals surface area contributed by atoms with Crippen LogP contribution in [0.5, 0.6) is 0 Å². The molecular formula is C11H11N5O3S. The molecule has 0 aliphatic heterocycles. The second-order valence-corrected chi connectivity index (χ2v) is 5.23. The largest absolute Gasteiger partial charge is 0.383 e. The summed E-state index contributed by atoms with van der Waals surface area (Å²) < 4.78 is 0. The van der Waals surface area contributed by atoms with Crippen LogP contribution in [0, 0.1) is 17.0 Å². The van der Waals surface area contributed by atoms with Crippen molar-refractivity contribution in [3.8, 4) is 0 Å². The summed E-state index contributed by atoms with van der Waals surface area (Å²) in [6.07, 6.45) is 2.67. The molecule has 2 aromatic heterocycles. The van der Waals surface area contributed by atoms with Gasteiger partial charge in [0.1, 0.15) is 12.0 Å². The van der Waals surface area contributed by atoms with Crippen molar-refractivity contribution < 1.29 is 9.72 Å². The van der Waals surface area contributed by atoms with Crippen LogP contribution in [-0.2, 0) is 6.54 Å². The van der Waals surface area contributed by atoms with Crippen molar-refractivity contribution in [3.05, 3.63) is 44.0 Å². The van der Waals surface area contributed by atoms with E-state index >= 15 is 0 Å². The molecule has 0 aliphatic rings. The maximum Gasteiger partial charge on any atom is 0.288 e. The van der Waals surface area contributed by atoms with E-state index in [9.17, 15) is 14.9 Å². The first-order chi connectivity index (χ1) is 9.47. The topological polar surface area (TPSA) is 124 Å². The highest BCUT2D eigenvalue weighted by molar-refractivity contribution is 7.11. The fourth-order valence-electron chi connectivity index (χ4n) is 1.50. The molecule has 2 rings (SSSR count). The minimum absolute atomic E-state index is 0.0135. The number of carbonyl (C=O) groups is 1. The quantitative estimate of drug-likeness (QED) is 0.646. The molecule has 0 aromatic carbocycles. The number of amides is 1. The highest BCUT2D eigenvalue weighted by Crippen LogP contribution is 2.17. The van der Waals surface area contributed by atoms with Gasteiger partial charge in [-0.15, -0.1) is 11.3 Å². The third-order valence-corrected chi connectivity index (χ3v) is 3.36. The van der Waals surface area contributed by atoms with Gasteiger partial charge in [-0.2, -0.15) is 0 Å². The van der Waals surface area contributed by atoms with Gasteiger partial charge in [-0.25, -0.2) is 9.97 Å². The SMILES string of the molecule is Cc1ncc(CNC(=O)c2cc([N+](=O)[O-])cnc2N)s1. The van der Waals surface area contributed by atoms with E-state index in [4.69, 9.17) is 5.73 Å². The molecule has 0 fully saturated rings. The summed E-state index contributed by atoms with van der Waals surface area (Å²) in [5.74, 6) is -0.557. The molecule has 2 aromatic rings. The lowest BCUT2D eigenvalue weighted by atomic mass is 10.2. The van der Waals surface area contributed by atoms with Gasteiger partial charge in [-0.05, 0) is 6.92 Å². The second kappa shape index (κ2) is 5.61. The van der Waals surface area contributed by atoms with Gasteiger partial charge in [0.2, 0.25) is 0 Å². The predicted octanol–water partition coefficient (Wildman–Crippen LogP) is 1.27. The van der Waals surface area contributed by atoms with Crippen molar-refractivity contribution >= 4 is 28.7 Å². The van der Waals surface area contributed by atoms with E-state index in [0.717, 1.165) is 22.1 Å². The number of hydrogen-bond acceptors (Lipinski definition) is 7. The molecule has 0 saturated carbocycles. The van der Waals surface area contributed by atoms with Crippen LogP contribution in [-0.4, -0.2) is 20.8 Å². The lowest BCUT2D eigenvalue weighted by Crippen LogP contribution is -2.24. The van der Waals surface area contributed by atoms with E-state index in [1.54, 1.807) is 6.20 Å². The smallest absolute Gasteiger partial charge is 0.288 e. The average Bonchev–Trinajstić information content (AvgIpc) is 2.82. The van der Waals surface area contributed by atoms with E-state index in [2.05, 4.69) is 15.3 Å². The van der Waals surface area contributed by atoms with Gasteiger partial charge in [0, 0.05) is 17.1 Å². The Morgan fingerprint density at radius 3 is 2.85 bits per heavy atom. The Balaban J connectivity index is 2.12. The van der Waals surface area contributed by atoms with Crippen LogP contribution in [0.2, 0.25) is 0 Å². The van der Waals surface area contributed by atoms with Crippen LogP contribution in [0.15, 0.2) is 18.5 Å². The minimum atomic E-state index is -0.629. The lowest BCUT2D eigenvalue weighted by Gasteiger charge is -2.05. The van der Waals surface area contributed by atoms with Crippen LogP contribution in [0.3, 0.4) is 0 Å². The fourth-order valence-corrected chi connectivity index (χ4v) is 2.23. The number of aromatic nitrogens is 2. The molecule has 0 unspecified atom stereocenters. The van der Waals surface area contributed by atoms with Crippen molar-refractivity contribution in [1.29, 1.82) is 0 Å². The summed E-state index contributed by atoms with van der Waals surface area (Å²) >= 11 is 1.46. The van der Waals surface area contributed by atoms with Gasteiger partial charge in [0.15, 0.2) is 0 Å². The number of pyridine rings is 1. The number of hydrogen-bond donors (Lipinski definition) is 2. The maximum absolute atomic E-state index is 12.0. The Morgan fingerprint density at radius 1 is 1.50 bits per heavy atom. The minimum Gasteiger partial charge on any atom is -0.383 e. The lowest BCUT2D eigenvalue weighted by molar-refractivity contribution is -0.385. The van der Waals surface area contributed by atoms with Crippen molar-refractivity contribution in [2.75, 3.05) is 5.73 Å². The zero-order valence-electron chi connectivity index (χ0n) is 10.5. The molecule has 2 heterocycles. The third-order valence-electron chi connectivity index (χ3n) is 2.45. The number of rotatable bonds is 4. The highest BCUT2D eigenvalue weighted by Gasteiger charge is 2.16. The summed E-state index contributed by atoms with van der Waals surface area (Å²) in [5.41, 5.74) is 5.27. The van der Waals surface area contributed by atoms with Gasteiger partial charge in [-0.1, -0.05) is 0 Å². The summed E-state index contributed by atoms with van der Waals surface area (Å²) in [6, 6.07) is 1.11. The highest BCUT2D eigenvalue weighted by atomic mass is 32.1. The molecule has 0 radical (unpaired) electrons. The van der Waals surface area contributed by atoms with E-state index in [-0.39, 0.29) is 23.6 Å². The van der Waals surface area contributed by atoms with Gasteiger partial charge in [-0.3, -0.25) is 14.9 Å². The van der Waals surface area contributed by atoms with Gasteiger partial charge >= 0.3 is 0 Å². The number of thiazole rings is 1. The van der Waals surface area contributed by atoms with Crippen molar-refractivity contribution in [2.24, 2.45) is 0 Å². The Kier molecular flexibility index (Phi) is 3.89. The third kappa shape index (κ3) is 3.06. The summed E-state index contributed by atoms with van der Waals surface area (Å²) in [4.78, 5) is 30.6. The maximum atomic E-state index is 12.0. The van der Waals surface area contributed by atoms with Gasteiger partial charge in [0.05, 0.1) is 22.0 Å². The monoisotopic (exact) mass is 293 g/mol. The second-order valence-electron chi connectivity index (χ2n) is 3.91. The van der Waals surface area contributed by atoms with Crippen LogP contribution in [0.25, 0.3) is 0 Å². The molecule has 20 heavy (non-hydrogen) atoms. The zero-order chi connectivity index (χ0) is 14.7. The molecule has 1 amide bonds. The molecular weight excluding hydrogens is 282 g/mol. The van der Waals surface area contributed by atoms with Crippen molar-refractivity contribution in [2.45, 2.75) is 13.5 Å². The Morgan fingerprint density at radius 2 is 2.25 bits per heavy atom. The molecule has 104 valence electrons. The van der Waals surface area contributed by atoms with Crippen LogP contribution in [0.4, 0.5) is 11.5 Å². The molecule has 0 bridgehead atoms. The molecule has 8 nitrogen and oxygen atoms in total. The summed E-state index contributed by atoms with van der Waals surface area (Å²) in [5, 5.41) is 14.2. The van der Waals surface area contributed by atoms with Crippen LogP contribution in [0.1, 0.15) is 20.2 Å². The number of nitrogen functional groups attached to an aromatic ring is 1. The number of nitrogens with two attached hydrogens (primary N) is 1. The molecule has 0 atom stereocenters. The first-order valence-corrected chi connectivity index (χ1v) is 6.38. The number of carbonyl (C=O) groups excluding carboxylic acids is 1. The zero-order valence-corrected chi connectivity index (χ0v) is 11.3. The Labute approximate surface area is 117 Å². The van der Waals surface area contributed by atoms with E-state index in [1.165, 1.54) is 11.3 Å².